The van der Waals surface area contributed by atoms with E-state index in [-0.39, 0.29) is 100 Å². The van der Waals surface area contributed by atoms with Gasteiger partial charge < -0.3 is 16.0 Å². The smallest absolute Gasteiger partial charge is 0.351 e. The second-order valence-corrected chi connectivity index (χ2v) is 19.3. The molecular formula is C34H41Cl2F6N5O5S2. The summed E-state index contributed by atoms with van der Waals surface area (Å²) in [6, 6.07) is 12.9. The summed E-state index contributed by atoms with van der Waals surface area (Å²) in [4.78, 5) is 13.3. The molecule has 4 fully saturated rings. The first-order valence-electron chi connectivity index (χ1n) is 17.7. The van der Waals surface area contributed by atoms with E-state index in [2.05, 4.69) is 16.0 Å². The van der Waals surface area contributed by atoms with Gasteiger partial charge in [0.25, 0.3) is 0 Å². The van der Waals surface area contributed by atoms with Crippen LogP contribution < -0.4 is 16.0 Å². The Morgan fingerprint density at radius 1 is 0.667 bits per heavy atom. The van der Waals surface area contributed by atoms with E-state index in [9.17, 15) is 48.0 Å². The van der Waals surface area contributed by atoms with Gasteiger partial charge >= 0.3 is 31.1 Å². The van der Waals surface area contributed by atoms with Crippen molar-refractivity contribution in [1.29, 1.82) is 0 Å². The van der Waals surface area contributed by atoms with Gasteiger partial charge in [0, 0.05) is 78.8 Å². The lowest BCUT2D eigenvalue weighted by molar-refractivity contribution is -0.127. The van der Waals surface area contributed by atoms with Gasteiger partial charge in [-0.3, -0.25) is 4.79 Å². The number of fused-ring (bicyclic) bond motifs is 1. The monoisotopic (exact) mass is 847 g/mol. The molecule has 2 aromatic carbocycles. The highest BCUT2D eigenvalue weighted by Gasteiger charge is 2.53. The van der Waals surface area contributed by atoms with E-state index in [1.165, 1.54) is 0 Å². The highest BCUT2D eigenvalue weighted by atomic mass is 35.5. The quantitative estimate of drug-likeness (QED) is 0.281. The predicted octanol–water partition coefficient (Wildman–Crippen LogP) is 5.58. The molecule has 1 amide bonds. The number of hydrogen-bond donors (Lipinski definition) is 3. The summed E-state index contributed by atoms with van der Waals surface area (Å²) >= 11 is 12.5. The van der Waals surface area contributed by atoms with Crippen LogP contribution in [0.5, 0.6) is 0 Å². The van der Waals surface area contributed by atoms with E-state index in [0.717, 1.165) is 11.1 Å². The fourth-order valence-electron chi connectivity index (χ4n) is 8.71. The van der Waals surface area contributed by atoms with Gasteiger partial charge in [-0.25, -0.2) is 16.8 Å². The number of amides is 1. The molecule has 5 atom stereocenters. The van der Waals surface area contributed by atoms with E-state index < -0.39 is 43.1 Å². The van der Waals surface area contributed by atoms with Crippen LogP contribution in [0.1, 0.15) is 62.0 Å². The number of alkyl halides is 6. The van der Waals surface area contributed by atoms with Crippen LogP contribution in [-0.2, 0) is 24.8 Å². The lowest BCUT2D eigenvalue weighted by Gasteiger charge is -2.52. The molecule has 10 nitrogen and oxygen atoms in total. The fraction of sp³-hybridized carbons (Fsp3) is 0.618. The third-order valence-corrected chi connectivity index (χ3v) is 15.0. The van der Waals surface area contributed by atoms with Crippen LogP contribution in [0.25, 0.3) is 0 Å². The molecule has 0 aromatic heterocycles. The molecule has 3 N–H and O–H groups in total. The van der Waals surface area contributed by atoms with Gasteiger partial charge in [-0.05, 0) is 85.8 Å². The number of nitrogens with zero attached hydrogens (tertiary/aromatic N) is 2. The Kier molecular flexibility index (Phi) is 12.3. The van der Waals surface area contributed by atoms with Gasteiger partial charge in [0.2, 0.25) is 5.91 Å². The first-order chi connectivity index (χ1) is 25.2. The Balaban J connectivity index is 1.28. The van der Waals surface area contributed by atoms with Crippen LogP contribution in [0.4, 0.5) is 26.3 Å². The average Bonchev–Trinajstić information content (AvgIpc) is 3.10. The van der Waals surface area contributed by atoms with E-state index in [0.29, 0.717) is 31.5 Å². The van der Waals surface area contributed by atoms with E-state index in [1.807, 2.05) is 24.3 Å². The lowest BCUT2D eigenvalue weighted by Crippen LogP contribution is -2.68. The molecule has 0 spiro atoms. The van der Waals surface area contributed by atoms with E-state index >= 15 is 0 Å². The van der Waals surface area contributed by atoms with Crippen molar-refractivity contribution < 1.29 is 48.0 Å². The van der Waals surface area contributed by atoms with Gasteiger partial charge in [-0.15, -0.1) is 0 Å². The third kappa shape index (κ3) is 8.85. The first-order valence-corrected chi connectivity index (χ1v) is 21.3. The van der Waals surface area contributed by atoms with Crippen LogP contribution in [0.15, 0.2) is 48.5 Å². The molecule has 54 heavy (non-hydrogen) atoms. The number of sulfonamides is 2. The minimum absolute atomic E-state index is 0.0713. The maximum atomic E-state index is 13.3. The molecule has 0 radical (unpaired) electrons. The Morgan fingerprint density at radius 2 is 1.07 bits per heavy atom. The van der Waals surface area contributed by atoms with Crippen molar-refractivity contribution in [3.05, 3.63) is 69.7 Å². The zero-order chi connectivity index (χ0) is 39.2. The summed E-state index contributed by atoms with van der Waals surface area (Å²) in [6.07, 6.45) is 1.63. The molecule has 1 saturated carbocycles. The second-order valence-electron chi connectivity index (χ2n) is 14.6. The summed E-state index contributed by atoms with van der Waals surface area (Å²) in [6.45, 7) is -1.34. The lowest BCUT2D eigenvalue weighted by atomic mass is 9.63. The minimum atomic E-state index is -5.48. The second kappa shape index (κ2) is 16.0. The molecule has 3 heterocycles. The highest BCUT2D eigenvalue weighted by Crippen LogP contribution is 2.46. The highest BCUT2D eigenvalue weighted by molar-refractivity contribution is 7.90. The maximum absolute atomic E-state index is 13.3. The van der Waals surface area contributed by atoms with Gasteiger partial charge in [-0.2, -0.15) is 35.0 Å². The van der Waals surface area contributed by atoms with Crippen LogP contribution in [-0.4, -0.2) is 98.8 Å². The van der Waals surface area contributed by atoms with Crippen molar-refractivity contribution >= 4 is 49.2 Å². The van der Waals surface area contributed by atoms with Crippen molar-refractivity contribution in [2.24, 2.45) is 11.8 Å². The molecule has 1 aliphatic carbocycles. The van der Waals surface area contributed by atoms with Gasteiger partial charge in [0.05, 0.1) is 0 Å². The standard InChI is InChI=1S/C34H41Cl2F6N5O5S2/c35-23-5-1-20(2-6-23)31(21-3-7-24(36)8-4-21)22-17-27-28(43-25-9-13-46(14-10-25)53(49,50)33(37,38)39)19-30(48)45-32(27)29(18-22)44-26-11-15-47(16-12-26)54(51,52)34(40,41)42/h1-8,22,25-29,31-32,43-44H,9-19H2,(H,45,48). The number of hydrogen-bond acceptors (Lipinski definition) is 7. The summed E-state index contributed by atoms with van der Waals surface area (Å²) in [5.74, 6) is -0.731. The Bertz CT molecular complexity index is 1810. The molecule has 6 rings (SSSR count). The number of halogens is 8. The summed E-state index contributed by atoms with van der Waals surface area (Å²) in [7, 11) is -11.0. The average molecular weight is 849 g/mol. The van der Waals surface area contributed by atoms with Crippen molar-refractivity contribution in [2.45, 2.75) is 92.1 Å². The van der Waals surface area contributed by atoms with E-state index in [4.69, 9.17) is 23.2 Å². The summed E-state index contributed by atoms with van der Waals surface area (Å²) in [5.41, 5.74) is -8.88. The number of benzene rings is 2. The van der Waals surface area contributed by atoms with Crippen molar-refractivity contribution in [1.82, 2.24) is 24.6 Å². The Hall–Kier alpha value is -2.19. The van der Waals surface area contributed by atoms with Crippen molar-refractivity contribution in [3.63, 3.8) is 0 Å². The predicted molar refractivity (Wildman–Crippen MR) is 190 cm³/mol. The number of piperidine rings is 3. The zero-order valence-electron chi connectivity index (χ0n) is 28.8. The topological polar surface area (TPSA) is 128 Å². The van der Waals surface area contributed by atoms with Crippen LogP contribution in [0.2, 0.25) is 10.0 Å². The number of carbonyl (C=O) groups is 1. The molecule has 5 unspecified atom stereocenters. The van der Waals surface area contributed by atoms with Crippen LogP contribution in [0, 0.1) is 11.8 Å². The number of carbonyl (C=O) groups excluding carboxylic acids is 1. The van der Waals surface area contributed by atoms with Crippen LogP contribution in [0.3, 0.4) is 0 Å². The van der Waals surface area contributed by atoms with Gasteiger partial charge in [0.1, 0.15) is 0 Å². The number of rotatable bonds is 9. The molecule has 300 valence electrons. The van der Waals surface area contributed by atoms with Crippen molar-refractivity contribution in [2.75, 3.05) is 26.2 Å². The largest absolute Gasteiger partial charge is 0.511 e. The molecule has 0 bridgehead atoms. The molecular weight excluding hydrogens is 807 g/mol. The third-order valence-electron chi connectivity index (χ3n) is 11.3. The van der Waals surface area contributed by atoms with Crippen LogP contribution >= 0.6 is 23.2 Å². The molecule has 4 aliphatic rings. The van der Waals surface area contributed by atoms with Crippen molar-refractivity contribution in [3.8, 4) is 0 Å². The molecule has 2 aromatic rings. The van der Waals surface area contributed by atoms with Gasteiger partial charge in [-0.1, -0.05) is 47.5 Å². The Labute approximate surface area is 320 Å². The van der Waals surface area contributed by atoms with Gasteiger partial charge in [0.15, 0.2) is 0 Å². The summed E-state index contributed by atoms with van der Waals surface area (Å²) in [5, 5.41) is 11.3. The summed E-state index contributed by atoms with van der Waals surface area (Å²) < 4.78 is 129. The normalized spacial score (nSPS) is 27.5. The Morgan fingerprint density at radius 3 is 1.48 bits per heavy atom. The SMILES string of the molecule is O=C1CC(NC2CCN(S(=O)(=O)C(F)(F)F)CC2)C2CC(C(c3ccc(Cl)cc3)c3ccc(Cl)cc3)CC(NC3CCN(S(=O)(=O)C(F)(F)F)CC3)C2N1. The first kappa shape index (κ1) is 41.4. The maximum Gasteiger partial charge on any atom is 0.511 e. The molecule has 3 aliphatic heterocycles. The number of nitrogens with one attached hydrogen (secondary N) is 3. The van der Waals surface area contributed by atoms with E-state index in [1.54, 1.807) is 24.3 Å². The zero-order valence-corrected chi connectivity index (χ0v) is 31.9. The minimum Gasteiger partial charge on any atom is -0.351 e. The fourth-order valence-corrected chi connectivity index (χ4v) is 10.9. The molecule has 3 saturated heterocycles. The molecule has 20 heteroatoms.